The average Bonchev–Trinajstić information content (AvgIpc) is 2.29. The number of methoxy groups -OCH3 is 1. The maximum Gasteiger partial charge on any atom is 0.226 e. The molecule has 0 saturated carbocycles. The third-order valence-corrected chi connectivity index (χ3v) is 2.86. The lowest BCUT2D eigenvalue weighted by molar-refractivity contribution is -0.134. The van der Waals surface area contributed by atoms with Crippen LogP contribution in [0, 0.1) is 5.92 Å². The van der Waals surface area contributed by atoms with Gasteiger partial charge in [0.2, 0.25) is 5.91 Å². The van der Waals surface area contributed by atoms with Crippen LogP contribution in [-0.2, 0) is 9.53 Å². The van der Waals surface area contributed by atoms with E-state index in [-0.39, 0.29) is 11.8 Å². The van der Waals surface area contributed by atoms with E-state index in [9.17, 15) is 4.79 Å². The lowest BCUT2D eigenvalue weighted by atomic mass is 9.98. The summed E-state index contributed by atoms with van der Waals surface area (Å²) in [4.78, 5) is 13.8. The molecule has 1 rings (SSSR count). The van der Waals surface area contributed by atoms with Crippen molar-refractivity contribution in [2.45, 2.75) is 19.3 Å². The summed E-state index contributed by atoms with van der Waals surface area (Å²) in [5.41, 5.74) is 0. The Hall–Kier alpha value is -0.610. The Morgan fingerprint density at radius 2 is 2.40 bits per heavy atom. The highest BCUT2D eigenvalue weighted by atomic mass is 16.5. The van der Waals surface area contributed by atoms with E-state index in [1.807, 2.05) is 11.9 Å². The minimum absolute atomic E-state index is 0.186. The van der Waals surface area contributed by atoms with Gasteiger partial charge in [-0.2, -0.15) is 0 Å². The summed E-state index contributed by atoms with van der Waals surface area (Å²) in [6.45, 7) is 3.41. The van der Waals surface area contributed by atoms with Crippen molar-refractivity contribution in [3.05, 3.63) is 0 Å². The van der Waals surface area contributed by atoms with E-state index in [1.165, 1.54) is 0 Å². The lowest BCUT2D eigenvalue weighted by Gasteiger charge is -2.26. The predicted octanol–water partition coefficient (Wildman–Crippen LogP) is 0.481. The first-order chi connectivity index (χ1) is 7.25. The van der Waals surface area contributed by atoms with Gasteiger partial charge in [-0.3, -0.25) is 4.79 Å². The van der Waals surface area contributed by atoms with E-state index in [2.05, 4.69) is 5.32 Å². The van der Waals surface area contributed by atoms with Gasteiger partial charge in [0, 0.05) is 33.9 Å². The van der Waals surface area contributed by atoms with E-state index in [1.54, 1.807) is 7.11 Å². The van der Waals surface area contributed by atoms with Gasteiger partial charge in [0.15, 0.2) is 0 Å². The first kappa shape index (κ1) is 12.5. The SMILES string of the molecule is COCCCN(C)C(=O)[C@H]1CCCNC1. The fourth-order valence-corrected chi connectivity index (χ4v) is 1.93. The van der Waals surface area contributed by atoms with Crippen molar-refractivity contribution < 1.29 is 9.53 Å². The zero-order valence-corrected chi connectivity index (χ0v) is 9.79. The smallest absolute Gasteiger partial charge is 0.226 e. The van der Waals surface area contributed by atoms with E-state index in [0.29, 0.717) is 0 Å². The molecular formula is C11H22N2O2. The van der Waals surface area contributed by atoms with Gasteiger partial charge >= 0.3 is 0 Å². The molecule has 0 unspecified atom stereocenters. The Kier molecular flexibility index (Phi) is 5.65. The molecule has 4 nitrogen and oxygen atoms in total. The molecule has 15 heavy (non-hydrogen) atoms. The molecule has 1 N–H and O–H groups in total. The average molecular weight is 214 g/mol. The third-order valence-electron chi connectivity index (χ3n) is 2.86. The van der Waals surface area contributed by atoms with Crippen molar-refractivity contribution in [1.82, 2.24) is 10.2 Å². The summed E-state index contributed by atoms with van der Waals surface area (Å²) < 4.78 is 4.97. The first-order valence-corrected chi connectivity index (χ1v) is 5.70. The molecule has 0 aromatic heterocycles. The highest BCUT2D eigenvalue weighted by Gasteiger charge is 2.23. The molecule has 1 aliphatic rings. The Labute approximate surface area is 92.0 Å². The molecular weight excluding hydrogens is 192 g/mol. The van der Waals surface area contributed by atoms with Gasteiger partial charge in [-0.05, 0) is 25.8 Å². The number of nitrogens with one attached hydrogen (secondary N) is 1. The van der Waals surface area contributed by atoms with Gasteiger partial charge in [0.25, 0.3) is 0 Å². The largest absolute Gasteiger partial charge is 0.385 e. The van der Waals surface area contributed by atoms with Crippen LogP contribution >= 0.6 is 0 Å². The second-order valence-corrected chi connectivity index (χ2v) is 4.15. The second kappa shape index (κ2) is 6.80. The summed E-state index contributed by atoms with van der Waals surface area (Å²) in [6, 6.07) is 0. The predicted molar refractivity (Wildman–Crippen MR) is 59.7 cm³/mol. The van der Waals surface area contributed by atoms with Gasteiger partial charge in [-0.25, -0.2) is 0 Å². The van der Waals surface area contributed by atoms with Gasteiger partial charge in [-0.1, -0.05) is 0 Å². The zero-order chi connectivity index (χ0) is 11.1. The number of ether oxygens (including phenoxy) is 1. The van der Waals surface area contributed by atoms with Crippen LogP contribution in [0.3, 0.4) is 0 Å². The molecule has 1 saturated heterocycles. The molecule has 0 aromatic carbocycles. The molecule has 0 spiro atoms. The molecule has 0 bridgehead atoms. The molecule has 0 aliphatic carbocycles. The lowest BCUT2D eigenvalue weighted by Crippen LogP contribution is -2.41. The summed E-state index contributed by atoms with van der Waals surface area (Å²) >= 11 is 0. The number of amides is 1. The first-order valence-electron chi connectivity index (χ1n) is 5.70. The molecule has 1 aliphatic heterocycles. The van der Waals surface area contributed by atoms with Crippen LogP contribution in [0.15, 0.2) is 0 Å². The van der Waals surface area contributed by atoms with Crippen LogP contribution < -0.4 is 5.32 Å². The number of nitrogens with zero attached hydrogens (tertiary/aromatic N) is 1. The molecule has 88 valence electrons. The topological polar surface area (TPSA) is 41.6 Å². The van der Waals surface area contributed by atoms with Gasteiger partial charge < -0.3 is 15.0 Å². The molecule has 1 heterocycles. The van der Waals surface area contributed by atoms with Gasteiger partial charge in [-0.15, -0.1) is 0 Å². The van der Waals surface area contributed by atoms with Crippen LogP contribution in [0.5, 0.6) is 0 Å². The van der Waals surface area contributed by atoms with E-state index in [0.717, 1.165) is 45.5 Å². The number of hydrogen-bond acceptors (Lipinski definition) is 3. The fraction of sp³-hybridized carbons (Fsp3) is 0.909. The maximum absolute atomic E-state index is 11.9. The fourth-order valence-electron chi connectivity index (χ4n) is 1.93. The number of rotatable bonds is 5. The number of piperidine rings is 1. The zero-order valence-electron chi connectivity index (χ0n) is 9.79. The molecule has 0 radical (unpaired) electrons. The van der Waals surface area contributed by atoms with E-state index < -0.39 is 0 Å². The van der Waals surface area contributed by atoms with Crippen LogP contribution in [0.25, 0.3) is 0 Å². The Balaban J connectivity index is 2.24. The molecule has 1 amide bonds. The Morgan fingerprint density at radius 3 is 3.00 bits per heavy atom. The molecule has 4 heteroatoms. The summed E-state index contributed by atoms with van der Waals surface area (Å²) in [6.07, 6.45) is 3.06. The van der Waals surface area contributed by atoms with Gasteiger partial charge in [0.1, 0.15) is 0 Å². The summed E-state index contributed by atoms with van der Waals surface area (Å²) in [7, 11) is 3.57. The van der Waals surface area contributed by atoms with Crippen molar-refractivity contribution in [2.24, 2.45) is 5.92 Å². The monoisotopic (exact) mass is 214 g/mol. The van der Waals surface area contributed by atoms with Crippen molar-refractivity contribution in [2.75, 3.05) is 40.4 Å². The Morgan fingerprint density at radius 1 is 1.60 bits per heavy atom. The van der Waals surface area contributed by atoms with Crippen LogP contribution in [0.2, 0.25) is 0 Å². The molecule has 0 aromatic rings. The number of hydrogen-bond donors (Lipinski definition) is 1. The molecule has 1 atom stereocenters. The third kappa shape index (κ3) is 4.18. The number of carbonyl (C=O) groups excluding carboxylic acids is 1. The van der Waals surface area contributed by atoms with Crippen LogP contribution in [0.1, 0.15) is 19.3 Å². The van der Waals surface area contributed by atoms with Crippen LogP contribution in [-0.4, -0.2) is 51.2 Å². The van der Waals surface area contributed by atoms with E-state index in [4.69, 9.17) is 4.74 Å². The van der Waals surface area contributed by atoms with Crippen molar-refractivity contribution >= 4 is 5.91 Å². The van der Waals surface area contributed by atoms with Crippen molar-refractivity contribution in [3.63, 3.8) is 0 Å². The maximum atomic E-state index is 11.9. The minimum atomic E-state index is 0.186. The van der Waals surface area contributed by atoms with Crippen molar-refractivity contribution in [3.8, 4) is 0 Å². The highest BCUT2D eigenvalue weighted by molar-refractivity contribution is 5.78. The van der Waals surface area contributed by atoms with Gasteiger partial charge in [0.05, 0.1) is 5.92 Å². The number of carbonyl (C=O) groups is 1. The molecule has 1 fully saturated rings. The Bertz CT molecular complexity index is 191. The quantitative estimate of drug-likeness (QED) is 0.677. The highest BCUT2D eigenvalue weighted by Crippen LogP contribution is 2.12. The standard InChI is InChI=1S/C11H22N2O2/c1-13(7-4-8-15-2)11(14)10-5-3-6-12-9-10/h10,12H,3-9H2,1-2H3/t10-/m0/s1. The van der Waals surface area contributed by atoms with Crippen LogP contribution in [0.4, 0.5) is 0 Å². The second-order valence-electron chi connectivity index (χ2n) is 4.15. The van der Waals surface area contributed by atoms with Crippen molar-refractivity contribution in [1.29, 1.82) is 0 Å². The van der Waals surface area contributed by atoms with E-state index >= 15 is 0 Å². The summed E-state index contributed by atoms with van der Waals surface area (Å²) in [5, 5.41) is 3.27. The normalized spacial score (nSPS) is 21.3. The minimum Gasteiger partial charge on any atom is -0.385 e. The summed E-state index contributed by atoms with van der Waals surface area (Å²) in [5.74, 6) is 0.463.